The largest absolute Gasteiger partial charge is 0.492 e. The minimum Gasteiger partial charge on any atom is -0.492 e. The van der Waals surface area contributed by atoms with Crippen LogP contribution in [-0.4, -0.2) is 18.6 Å². The van der Waals surface area contributed by atoms with Gasteiger partial charge in [-0.1, -0.05) is 40.7 Å². The van der Waals surface area contributed by atoms with Crippen LogP contribution in [-0.2, 0) is 11.2 Å². The number of carbonyl (C=O) groups is 1. The van der Waals surface area contributed by atoms with E-state index in [-0.39, 0.29) is 11.9 Å². The first-order chi connectivity index (χ1) is 10.1. The van der Waals surface area contributed by atoms with Crippen molar-refractivity contribution in [1.82, 2.24) is 0 Å². The Morgan fingerprint density at radius 3 is 2.45 bits per heavy atom. The highest BCUT2D eigenvalue weighted by molar-refractivity contribution is 5.95. The van der Waals surface area contributed by atoms with Crippen LogP contribution in [0.15, 0.2) is 18.2 Å². The molecule has 0 spiro atoms. The Labute approximate surface area is 134 Å². The van der Waals surface area contributed by atoms with Crippen molar-refractivity contribution >= 4 is 11.6 Å². The molecule has 0 fully saturated rings. The minimum absolute atomic E-state index is 0.0277. The maximum Gasteiger partial charge on any atom is 0.229 e. The van der Waals surface area contributed by atoms with Crippen LogP contribution in [0.3, 0.4) is 0 Å². The molecule has 0 radical (unpaired) electrons. The van der Waals surface area contributed by atoms with E-state index in [9.17, 15) is 4.79 Å². The lowest BCUT2D eigenvalue weighted by molar-refractivity contribution is -0.123. The number of ether oxygens (including phenoxy) is 1. The molecule has 1 atom stereocenters. The number of carbonyl (C=O) groups excluding carboxylic acids is 1. The lowest BCUT2D eigenvalue weighted by Crippen LogP contribution is -2.29. The summed E-state index contributed by atoms with van der Waals surface area (Å²) in [5.41, 5.74) is 7.53. The first kappa shape index (κ1) is 18.5. The molecule has 0 aromatic heterocycles. The third-order valence-corrected chi connectivity index (χ3v) is 3.60. The number of amides is 1. The molecule has 1 amide bonds. The van der Waals surface area contributed by atoms with Crippen LogP contribution in [0.1, 0.15) is 47.1 Å². The fourth-order valence-electron chi connectivity index (χ4n) is 1.89. The molecule has 1 aromatic rings. The Hall–Kier alpha value is -1.55. The summed E-state index contributed by atoms with van der Waals surface area (Å²) in [7, 11) is 0. The molecule has 4 nitrogen and oxygen atoms in total. The molecule has 0 saturated carbocycles. The van der Waals surface area contributed by atoms with E-state index in [1.54, 1.807) is 0 Å². The normalized spacial score (nSPS) is 13.1. The molecule has 1 rings (SSSR count). The van der Waals surface area contributed by atoms with Gasteiger partial charge >= 0.3 is 0 Å². The van der Waals surface area contributed by atoms with Crippen molar-refractivity contribution in [3.63, 3.8) is 0 Å². The third kappa shape index (κ3) is 5.34. The van der Waals surface area contributed by atoms with Gasteiger partial charge in [0.15, 0.2) is 0 Å². The van der Waals surface area contributed by atoms with Crippen molar-refractivity contribution in [2.24, 2.45) is 17.1 Å². The molecule has 1 aromatic carbocycles. The van der Waals surface area contributed by atoms with Gasteiger partial charge in [0.05, 0.1) is 12.3 Å². The summed E-state index contributed by atoms with van der Waals surface area (Å²) in [5, 5.41) is 2.94. The van der Waals surface area contributed by atoms with Crippen LogP contribution < -0.4 is 15.8 Å². The van der Waals surface area contributed by atoms with Crippen LogP contribution in [0, 0.1) is 11.3 Å². The molecule has 0 bridgehead atoms. The van der Waals surface area contributed by atoms with E-state index in [0.717, 1.165) is 12.0 Å². The first-order valence-electron chi connectivity index (χ1n) is 7.98. The molecule has 22 heavy (non-hydrogen) atoms. The van der Waals surface area contributed by atoms with Crippen LogP contribution in [0.25, 0.3) is 0 Å². The second-order valence-electron chi connectivity index (χ2n) is 7.08. The van der Waals surface area contributed by atoms with Crippen LogP contribution in [0.5, 0.6) is 5.75 Å². The van der Waals surface area contributed by atoms with E-state index in [1.165, 1.54) is 0 Å². The number of anilines is 1. The highest BCUT2D eigenvalue weighted by Crippen LogP contribution is 2.28. The predicted octanol–water partition coefficient (Wildman–Crippen LogP) is 3.60. The Morgan fingerprint density at radius 2 is 1.95 bits per heavy atom. The highest BCUT2D eigenvalue weighted by atomic mass is 16.5. The lowest BCUT2D eigenvalue weighted by Gasteiger charge is -2.21. The average molecular weight is 306 g/mol. The Balaban J connectivity index is 2.97. The topological polar surface area (TPSA) is 64.3 Å². The number of rotatable bonds is 6. The van der Waals surface area contributed by atoms with Gasteiger partial charge in [0.1, 0.15) is 5.75 Å². The maximum absolute atomic E-state index is 12.2. The van der Waals surface area contributed by atoms with Gasteiger partial charge in [0.2, 0.25) is 5.91 Å². The van der Waals surface area contributed by atoms with Crippen molar-refractivity contribution in [1.29, 1.82) is 0 Å². The van der Waals surface area contributed by atoms with E-state index in [1.807, 2.05) is 45.9 Å². The van der Waals surface area contributed by atoms with Gasteiger partial charge < -0.3 is 15.8 Å². The van der Waals surface area contributed by atoms with Gasteiger partial charge in [-0.2, -0.15) is 0 Å². The number of nitrogens with one attached hydrogen (secondary N) is 1. The number of hydrogen-bond donors (Lipinski definition) is 2. The zero-order valence-electron chi connectivity index (χ0n) is 14.7. The smallest absolute Gasteiger partial charge is 0.229 e. The number of benzene rings is 1. The van der Waals surface area contributed by atoms with Crippen molar-refractivity contribution in [3.8, 4) is 5.75 Å². The molecule has 0 saturated heterocycles. The zero-order valence-corrected chi connectivity index (χ0v) is 14.7. The second-order valence-corrected chi connectivity index (χ2v) is 7.08. The van der Waals surface area contributed by atoms with Crippen LogP contribution in [0.4, 0.5) is 5.69 Å². The summed E-state index contributed by atoms with van der Waals surface area (Å²) >= 11 is 0. The van der Waals surface area contributed by atoms with Crippen molar-refractivity contribution in [3.05, 3.63) is 23.8 Å². The molecule has 0 aliphatic carbocycles. The Kier molecular flexibility index (Phi) is 6.42. The van der Waals surface area contributed by atoms with Gasteiger partial charge in [-0.25, -0.2) is 0 Å². The average Bonchev–Trinajstić information content (AvgIpc) is 2.40. The van der Waals surface area contributed by atoms with Gasteiger partial charge in [-0.05, 0) is 37.0 Å². The molecular weight excluding hydrogens is 276 g/mol. The molecule has 0 aliphatic heterocycles. The standard InChI is InChI=1S/C18H30N2O2/c1-7-22-16-11-13(10-14(19)12(2)3)8-9-15(16)20-17(21)18(4,5)6/h8-9,11-12,14H,7,10,19H2,1-6H3,(H,20,21). The SMILES string of the molecule is CCOc1cc(CC(N)C(C)C)ccc1NC(=O)C(C)(C)C. The van der Waals surface area contributed by atoms with E-state index in [0.29, 0.717) is 24.0 Å². The fraction of sp³-hybridized carbons (Fsp3) is 0.611. The Morgan fingerprint density at radius 1 is 1.32 bits per heavy atom. The molecule has 1 unspecified atom stereocenters. The molecule has 124 valence electrons. The van der Waals surface area contributed by atoms with E-state index in [4.69, 9.17) is 10.5 Å². The monoisotopic (exact) mass is 306 g/mol. The Bertz CT molecular complexity index is 504. The molecule has 4 heteroatoms. The quantitative estimate of drug-likeness (QED) is 0.844. The van der Waals surface area contributed by atoms with Crippen molar-refractivity contribution in [2.75, 3.05) is 11.9 Å². The van der Waals surface area contributed by atoms with Crippen molar-refractivity contribution in [2.45, 2.75) is 54.0 Å². The zero-order chi connectivity index (χ0) is 16.9. The summed E-state index contributed by atoms with van der Waals surface area (Å²) in [4.78, 5) is 12.2. The third-order valence-electron chi connectivity index (χ3n) is 3.60. The molecule has 0 heterocycles. The summed E-state index contributed by atoms with van der Waals surface area (Å²) in [6, 6.07) is 5.99. The molecule has 3 N–H and O–H groups in total. The first-order valence-corrected chi connectivity index (χ1v) is 7.98. The minimum atomic E-state index is -0.442. The predicted molar refractivity (Wildman–Crippen MR) is 92.2 cm³/mol. The van der Waals surface area contributed by atoms with E-state index < -0.39 is 5.41 Å². The van der Waals surface area contributed by atoms with E-state index in [2.05, 4.69) is 19.2 Å². The fourth-order valence-corrected chi connectivity index (χ4v) is 1.89. The summed E-state index contributed by atoms with van der Waals surface area (Å²) < 4.78 is 5.68. The summed E-state index contributed by atoms with van der Waals surface area (Å²) in [6.45, 7) is 12.4. The maximum atomic E-state index is 12.2. The molecule has 0 aliphatic rings. The second kappa shape index (κ2) is 7.63. The summed E-state index contributed by atoms with van der Waals surface area (Å²) in [6.07, 6.45) is 0.797. The number of hydrogen-bond acceptors (Lipinski definition) is 3. The van der Waals surface area contributed by atoms with Gasteiger partial charge in [0.25, 0.3) is 0 Å². The van der Waals surface area contributed by atoms with Crippen LogP contribution in [0.2, 0.25) is 0 Å². The van der Waals surface area contributed by atoms with Gasteiger partial charge in [-0.15, -0.1) is 0 Å². The van der Waals surface area contributed by atoms with Crippen LogP contribution >= 0.6 is 0 Å². The molecular formula is C18H30N2O2. The van der Waals surface area contributed by atoms with Gasteiger partial charge in [-0.3, -0.25) is 4.79 Å². The van der Waals surface area contributed by atoms with E-state index >= 15 is 0 Å². The van der Waals surface area contributed by atoms with Gasteiger partial charge in [0, 0.05) is 11.5 Å². The summed E-state index contributed by atoms with van der Waals surface area (Å²) in [5.74, 6) is 1.10. The highest BCUT2D eigenvalue weighted by Gasteiger charge is 2.22. The lowest BCUT2D eigenvalue weighted by atomic mass is 9.95. The number of nitrogens with two attached hydrogens (primary N) is 1. The van der Waals surface area contributed by atoms with Crippen molar-refractivity contribution < 1.29 is 9.53 Å².